The van der Waals surface area contributed by atoms with Gasteiger partial charge in [-0.1, -0.05) is 25.1 Å². The topological polar surface area (TPSA) is 28.2 Å². The smallest absolute Gasteiger partial charge is 0.0592 e. The summed E-state index contributed by atoms with van der Waals surface area (Å²) >= 11 is 0. The molecule has 1 atom stereocenters. The molecule has 0 amide bonds. The van der Waals surface area contributed by atoms with Gasteiger partial charge in [0.05, 0.1) is 6.04 Å². The second-order valence-corrected chi connectivity index (χ2v) is 5.16. The molecular weight excluding hydrogens is 246 g/mol. The molecule has 0 bridgehead atoms. The van der Waals surface area contributed by atoms with Crippen LogP contribution < -0.4 is 10.2 Å². The van der Waals surface area contributed by atoms with Crippen molar-refractivity contribution in [2.75, 3.05) is 25.5 Å². The monoisotopic (exact) mass is 269 g/mol. The van der Waals surface area contributed by atoms with Crippen LogP contribution in [0.1, 0.15) is 30.5 Å². The first-order valence-corrected chi connectivity index (χ1v) is 7.13. The molecule has 0 saturated heterocycles. The number of aromatic nitrogens is 1. The molecule has 106 valence electrons. The van der Waals surface area contributed by atoms with Crippen LogP contribution in [0.5, 0.6) is 0 Å². The second-order valence-electron chi connectivity index (χ2n) is 5.16. The molecule has 1 unspecified atom stereocenters. The summed E-state index contributed by atoms with van der Waals surface area (Å²) in [7, 11) is 4.13. The van der Waals surface area contributed by atoms with Crippen LogP contribution in [0, 0.1) is 0 Å². The van der Waals surface area contributed by atoms with E-state index >= 15 is 0 Å². The third-order valence-corrected chi connectivity index (χ3v) is 3.34. The normalized spacial score (nSPS) is 12.2. The molecule has 2 rings (SSSR count). The zero-order valence-electron chi connectivity index (χ0n) is 12.5. The third-order valence-electron chi connectivity index (χ3n) is 3.34. The maximum absolute atomic E-state index is 4.25. The largest absolute Gasteiger partial charge is 0.378 e. The summed E-state index contributed by atoms with van der Waals surface area (Å²) in [5.74, 6) is 0. The number of rotatable bonds is 6. The van der Waals surface area contributed by atoms with Crippen molar-refractivity contribution in [3.05, 3.63) is 59.9 Å². The standard InChI is InChI=1S/C17H23N3/c1-4-10-19-17(15-8-6-11-18-13-15)14-7-5-9-16(12-14)20(2)3/h5-9,11-13,17,19H,4,10H2,1-3H3. The lowest BCUT2D eigenvalue weighted by Gasteiger charge is -2.21. The van der Waals surface area contributed by atoms with E-state index < -0.39 is 0 Å². The number of anilines is 1. The number of benzene rings is 1. The van der Waals surface area contributed by atoms with E-state index in [4.69, 9.17) is 0 Å². The van der Waals surface area contributed by atoms with Crippen molar-refractivity contribution in [3.63, 3.8) is 0 Å². The first-order valence-electron chi connectivity index (χ1n) is 7.13. The van der Waals surface area contributed by atoms with Crippen LogP contribution in [0.15, 0.2) is 48.8 Å². The van der Waals surface area contributed by atoms with Gasteiger partial charge in [-0.2, -0.15) is 0 Å². The van der Waals surface area contributed by atoms with Gasteiger partial charge in [-0.15, -0.1) is 0 Å². The quantitative estimate of drug-likeness (QED) is 0.872. The third kappa shape index (κ3) is 3.58. The van der Waals surface area contributed by atoms with E-state index in [1.54, 1.807) is 0 Å². The Morgan fingerprint density at radius 3 is 2.60 bits per heavy atom. The molecule has 1 aromatic carbocycles. The van der Waals surface area contributed by atoms with Gasteiger partial charge in [0.25, 0.3) is 0 Å². The number of nitrogens with zero attached hydrogens (tertiary/aromatic N) is 2. The first-order chi connectivity index (χ1) is 9.72. The average molecular weight is 269 g/mol. The van der Waals surface area contributed by atoms with Gasteiger partial charge >= 0.3 is 0 Å². The number of hydrogen-bond acceptors (Lipinski definition) is 3. The van der Waals surface area contributed by atoms with Gasteiger partial charge in [0.1, 0.15) is 0 Å². The van der Waals surface area contributed by atoms with Crippen molar-refractivity contribution in [1.29, 1.82) is 0 Å². The second kappa shape index (κ2) is 7.06. The van der Waals surface area contributed by atoms with Crippen molar-refractivity contribution in [2.45, 2.75) is 19.4 Å². The zero-order valence-corrected chi connectivity index (χ0v) is 12.5. The predicted molar refractivity (Wildman–Crippen MR) is 85.1 cm³/mol. The van der Waals surface area contributed by atoms with Crippen molar-refractivity contribution in [3.8, 4) is 0 Å². The molecule has 0 aliphatic heterocycles. The highest BCUT2D eigenvalue weighted by atomic mass is 15.1. The predicted octanol–water partition coefficient (Wildman–Crippen LogP) is 3.24. The molecule has 0 aliphatic rings. The molecule has 0 saturated carbocycles. The Morgan fingerprint density at radius 2 is 1.95 bits per heavy atom. The van der Waals surface area contributed by atoms with Gasteiger partial charge < -0.3 is 10.2 Å². The van der Waals surface area contributed by atoms with Crippen LogP contribution in [0.25, 0.3) is 0 Å². The van der Waals surface area contributed by atoms with Crippen LogP contribution in [-0.4, -0.2) is 25.6 Å². The number of nitrogens with one attached hydrogen (secondary N) is 1. The van der Waals surface area contributed by atoms with E-state index in [2.05, 4.69) is 66.6 Å². The van der Waals surface area contributed by atoms with E-state index in [1.165, 1.54) is 16.8 Å². The SMILES string of the molecule is CCCNC(c1cccnc1)c1cccc(N(C)C)c1. The zero-order chi connectivity index (χ0) is 14.4. The van der Waals surface area contributed by atoms with Gasteiger partial charge in [0, 0.05) is 32.2 Å². The molecule has 1 N–H and O–H groups in total. The molecule has 0 radical (unpaired) electrons. The van der Waals surface area contributed by atoms with E-state index in [0.717, 1.165) is 13.0 Å². The molecule has 1 heterocycles. The molecule has 0 aliphatic carbocycles. The molecule has 2 aromatic rings. The van der Waals surface area contributed by atoms with Gasteiger partial charge in [-0.25, -0.2) is 0 Å². The van der Waals surface area contributed by atoms with E-state index in [-0.39, 0.29) is 6.04 Å². The summed E-state index contributed by atoms with van der Waals surface area (Å²) in [5.41, 5.74) is 3.70. The summed E-state index contributed by atoms with van der Waals surface area (Å²) in [6.07, 6.45) is 4.87. The minimum Gasteiger partial charge on any atom is -0.378 e. The lowest BCUT2D eigenvalue weighted by Crippen LogP contribution is -2.23. The Labute approximate surface area is 121 Å². The van der Waals surface area contributed by atoms with Crippen molar-refractivity contribution >= 4 is 5.69 Å². The van der Waals surface area contributed by atoms with E-state index in [1.807, 2.05) is 18.5 Å². The Morgan fingerprint density at radius 1 is 1.15 bits per heavy atom. The highest BCUT2D eigenvalue weighted by Gasteiger charge is 2.14. The molecule has 1 aromatic heterocycles. The average Bonchev–Trinajstić information content (AvgIpc) is 2.49. The van der Waals surface area contributed by atoms with Crippen LogP contribution in [0.3, 0.4) is 0 Å². The van der Waals surface area contributed by atoms with Crippen molar-refractivity contribution in [2.24, 2.45) is 0 Å². The van der Waals surface area contributed by atoms with Gasteiger partial charge in [-0.3, -0.25) is 4.98 Å². The summed E-state index contributed by atoms with van der Waals surface area (Å²) in [6.45, 7) is 3.18. The highest BCUT2D eigenvalue weighted by Crippen LogP contribution is 2.24. The van der Waals surface area contributed by atoms with E-state index in [0.29, 0.717) is 0 Å². The Hall–Kier alpha value is -1.87. The lowest BCUT2D eigenvalue weighted by atomic mass is 9.99. The fraction of sp³-hybridized carbons (Fsp3) is 0.353. The summed E-state index contributed by atoms with van der Waals surface area (Å²) in [4.78, 5) is 6.37. The Kier molecular flexibility index (Phi) is 5.13. The minimum absolute atomic E-state index is 0.198. The van der Waals surface area contributed by atoms with Crippen LogP contribution in [0.4, 0.5) is 5.69 Å². The highest BCUT2D eigenvalue weighted by molar-refractivity contribution is 5.49. The van der Waals surface area contributed by atoms with E-state index in [9.17, 15) is 0 Å². The summed E-state index contributed by atoms with van der Waals surface area (Å²) in [6, 6.07) is 13.0. The van der Waals surface area contributed by atoms with Crippen molar-refractivity contribution < 1.29 is 0 Å². The number of hydrogen-bond donors (Lipinski definition) is 1. The van der Waals surface area contributed by atoms with Crippen LogP contribution in [0.2, 0.25) is 0 Å². The summed E-state index contributed by atoms with van der Waals surface area (Å²) in [5, 5.41) is 3.61. The molecule has 3 nitrogen and oxygen atoms in total. The van der Waals surface area contributed by atoms with Crippen molar-refractivity contribution in [1.82, 2.24) is 10.3 Å². The molecule has 0 fully saturated rings. The fourth-order valence-electron chi connectivity index (χ4n) is 2.25. The molecule has 3 heteroatoms. The Balaban J connectivity index is 2.33. The van der Waals surface area contributed by atoms with Crippen LogP contribution >= 0.6 is 0 Å². The maximum atomic E-state index is 4.25. The van der Waals surface area contributed by atoms with Crippen LogP contribution in [-0.2, 0) is 0 Å². The minimum atomic E-state index is 0.198. The lowest BCUT2D eigenvalue weighted by molar-refractivity contribution is 0.597. The fourth-order valence-corrected chi connectivity index (χ4v) is 2.25. The number of pyridine rings is 1. The van der Waals surface area contributed by atoms with Gasteiger partial charge in [0.2, 0.25) is 0 Å². The molecule has 0 spiro atoms. The van der Waals surface area contributed by atoms with Gasteiger partial charge in [0.15, 0.2) is 0 Å². The first kappa shape index (κ1) is 14.5. The maximum Gasteiger partial charge on any atom is 0.0592 e. The molecule has 20 heavy (non-hydrogen) atoms. The van der Waals surface area contributed by atoms with Gasteiger partial charge in [-0.05, 0) is 42.3 Å². The molecular formula is C17H23N3. The Bertz CT molecular complexity index is 523. The summed E-state index contributed by atoms with van der Waals surface area (Å²) < 4.78 is 0.